The van der Waals surface area contributed by atoms with Crippen molar-refractivity contribution in [2.75, 3.05) is 63.8 Å². The number of H-pyrrole nitrogens is 1. The second-order valence-corrected chi connectivity index (χ2v) is 9.31. The highest BCUT2D eigenvalue weighted by Gasteiger charge is 2.20. The highest BCUT2D eigenvalue weighted by Crippen LogP contribution is 2.28. The van der Waals surface area contributed by atoms with Crippen molar-refractivity contribution in [2.24, 2.45) is 0 Å². The third kappa shape index (κ3) is 5.01. The van der Waals surface area contributed by atoms with E-state index in [1.54, 1.807) is 0 Å². The summed E-state index contributed by atoms with van der Waals surface area (Å²) in [7, 11) is 0. The molecule has 0 unspecified atom stereocenters. The van der Waals surface area contributed by atoms with Gasteiger partial charge in [-0.2, -0.15) is 0 Å². The molecule has 170 valence electrons. The molecule has 2 aromatic carbocycles. The fraction of sp³-hybridized carbons (Fsp3) is 0.481. The Morgan fingerprint density at radius 3 is 2.44 bits per heavy atom. The molecule has 2 fully saturated rings. The van der Waals surface area contributed by atoms with E-state index in [-0.39, 0.29) is 0 Å². The van der Waals surface area contributed by atoms with E-state index < -0.39 is 0 Å². The van der Waals surface area contributed by atoms with Crippen molar-refractivity contribution in [3.05, 3.63) is 54.6 Å². The molecule has 3 aromatic rings. The van der Waals surface area contributed by atoms with Gasteiger partial charge in [-0.15, -0.1) is 0 Å². The summed E-state index contributed by atoms with van der Waals surface area (Å²) >= 11 is 0. The molecule has 2 aliphatic rings. The minimum Gasteiger partial charge on any atom is -0.371 e. The molecule has 0 aliphatic carbocycles. The number of piperidine rings is 1. The lowest BCUT2D eigenvalue weighted by Gasteiger charge is -2.36. The van der Waals surface area contributed by atoms with E-state index in [1.807, 2.05) is 0 Å². The highest BCUT2D eigenvalue weighted by molar-refractivity contribution is 5.86. The van der Waals surface area contributed by atoms with Gasteiger partial charge in [0.05, 0.1) is 0 Å². The standard InChI is InChI=1S/C27H37N5/c1-2-30-16-18-31(19-17-30)15-12-28-24-10-13-32(14-11-24)25-8-5-7-22(20-25)27-21-23-6-3-4-9-26(23)29-27/h3-9,20-21,24,28-29H,2,10-19H2,1H3. The van der Waals surface area contributed by atoms with Gasteiger partial charge in [-0.25, -0.2) is 0 Å². The largest absolute Gasteiger partial charge is 0.371 e. The van der Waals surface area contributed by atoms with Crippen LogP contribution in [0.15, 0.2) is 54.6 Å². The van der Waals surface area contributed by atoms with E-state index >= 15 is 0 Å². The first-order valence-corrected chi connectivity index (χ1v) is 12.4. The zero-order valence-corrected chi connectivity index (χ0v) is 19.4. The second-order valence-electron chi connectivity index (χ2n) is 9.31. The maximum absolute atomic E-state index is 3.83. The molecular formula is C27H37N5. The molecule has 0 bridgehead atoms. The van der Waals surface area contributed by atoms with Crippen LogP contribution in [-0.4, -0.2) is 79.7 Å². The van der Waals surface area contributed by atoms with Crippen LogP contribution in [0.5, 0.6) is 0 Å². The number of nitrogens with zero attached hydrogens (tertiary/aromatic N) is 3. The van der Waals surface area contributed by atoms with E-state index in [0.717, 1.165) is 19.6 Å². The van der Waals surface area contributed by atoms with E-state index in [0.29, 0.717) is 6.04 Å². The molecule has 0 spiro atoms. The molecule has 5 rings (SSSR count). The lowest BCUT2D eigenvalue weighted by molar-refractivity contribution is 0.136. The number of aromatic amines is 1. The Kier molecular flexibility index (Phi) is 6.77. The summed E-state index contributed by atoms with van der Waals surface area (Å²) in [6.07, 6.45) is 2.44. The van der Waals surface area contributed by atoms with Crippen LogP contribution in [0.2, 0.25) is 0 Å². The average Bonchev–Trinajstić information content (AvgIpc) is 3.30. The number of hydrogen-bond acceptors (Lipinski definition) is 4. The Morgan fingerprint density at radius 2 is 1.66 bits per heavy atom. The van der Waals surface area contributed by atoms with Gasteiger partial charge in [-0.1, -0.05) is 37.3 Å². The predicted octanol–water partition coefficient (Wildman–Crippen LogP) is 4.03. The molecule has 2 saturated heterocycles. The quantitative estimate of drug-likeness (QED) is 0.592. The van der Waals surface area contributed by atoms with Crippen molar-refractivity contribution in [3.8, 4) is 11.3 Å². The van der Waals surface area contributed by atoms with E-state index in [1.165, 1.54) is 80.0 Å². The van der Waals surface area contributed by atoms with Gasteiger partial charge >= 0.3 is 0 Å². The molecule has 5 nitrogen and oxygen atoms in total. The number of benzene rings is 2. The number of fused-ring (bicyclic) bond motifs is 1. The van der Waals surface area contributed by atoms with Crippen molar-refractivity contribution < 1.29 is 0 Å². The zero-order valence-electron chi connectivity index (χ0n) is 19.4. The van der Waals surface area contributed by atoms with Crippen molar-refractivity contribution >= 4 is 16.6 Å². The van der Waals surface area contributed by atoms with Crippen LogP contribution in [0.3, 0.4) is 0 Å². The number of para-hydroxylation sites is 1. The Hall–Kier alpha value is -2.34. The summed E-state index contributed by atoms with van der Waals surface area (Å²) in [5.41, 5.74) is 5.01. The van der Waals surface area contributed by atoms with Gasteiger partial charge in [0.25, 0.3) is 0 Å². The Morgan fingerprint density at radius 1 is 0.875 bits per heavy atom. The van der Waals surface area contributed by atoms with Gasteiger partial charge in [0, 0.05) is 80.7 Å². The maximum Gasteiger partial charge on any atom is 0.0465 e. The van der Waals surface area contributed by atoms with Gasteiger partial charge in [0.2, 0.25) is 0 Å². The monoisotopic (exact) mass is 431 g/mol. The highest BCUT2D eigenvalue weighted by atomic mass is 15.3. The molecule has 0 radical (unpaired) electrons. The van der Waals surface area contributed by atoms with Gasteiger partial charge in [-0.05, 0) is 49.2 Å². The molecule has 1 aromatic heterocycles. The Labute approximate surface area is 192 Å². The minimum atomic E-state index is 0.653. The van der Waals surface area contributed by atoms with Crippen LogP contribution in [-0.2, 0) is 0 Å². The number of aromatic nitrogens is 1. The van der Waals surface area contributed by atoms with Gasteiger partial charge in [-0.3, -0.25) is 4.90 Å². The Balaban J connectivity index is 1.11. The fourth-order valence-electron chi connectivity index (χ4n) is 5.20. The molecule has 0 amide bonds. The predicted molar refractivity (Wildman–Crippen MR) is 136 cm³/mol. The van der Waals surface area contributed by atoms with Gasteiger partial charge < -0.3 is 20.1 Å². The van der Waals surface area contributed by atoms with E-state index in [9.17, 15) is 0 Å². The zero-order chi connectivity index (χ0) is 21.8. The Bertz CT molecular complexity index is 963. The average molecular weight is 432 g/mol. The van der Waals surface area contributed by atoms with Crippen molar-refractivity contribution in [3.63, 3.8) is 0 Å². The second kappa shape index (κ2) is 10.1. The number of piperazine rings is 1. The normalized spacial score (nSPS) is 19.1. The first kappa shape index (κ1) is 21.5. The van der Waals surface area contributed by atoms with E-state index in [2.05, 4.69) is 86.5 Å². The third-order valence-electron chi connectivity index (χ3n) is 7.32. The fourth-order valence-corrected chi connectivity index (χ4v) is 5.20. The van der Waals surface area contributed by atoms with Crippen molar-refractivity contribution in [2.45, 2.75) is 25.8 Å². The van der Waals surface area contributed by atoms with Gasteiger partial charge in [0.15, 0.2) is 0 Å². The number of nitrogens with one attached hydrogen (secondary N) is 2. The topological polar surface area (TPSA) is 37.5 Å². The lowest BCUT2D eigenvalue weighted by atomic mass is 10.0. The third-order valence-corrected chi connectivity index (χ3v) is 7.32. The molecule has 0 atom stereocenters. The molecule has 2 aliphatic heterocycles. The summed E-state index contributed by atoms with van der Waals surface area (Å²) in [4.78, 5) is 11.3. The first-order chi connectivity index (χ1) is 15.8. The van der Waals surface area contributed by atoms with Crippen LogP contribution in [0.1, 0.15) is 19.8 Å². The van der Waals surface area contributed by atoms with Crippen LogP contribution >= 0.6 is 0 Å². The molecule has 32 heavy (non-hydrogen) atoms. The lowest BCUT2D eigenvalue weighted by Crippen LogP contribution is -2.49. The van der Waals surface area contributed by atoms with Crippen LogP contribution in [0.25, 0.3) is 22.2 Å². The number of rotatable bonds is 7. The summed E-state index contributed by atoms with van der Waals surface area (Å²) < 4.78 is 0. The molecule has 2 N–H and O–H groups in total. The summed E-state index contributed by atoms with van der Waals surface area (Å²) in [5.74, 6) is 0. The summed E-state index contributed by atoms with van der Waals surface area (Å²) in [6, 6.07) is 20.4. The number of likely N-dealkylation sites (N-methyl/N-ethyl adjacent to an activating group) is 1. The number of anilines is 1. The summed E-state index contributed by atoms with van der Waals surface area (Å²) in [5, 5.41) is 5.10. The van der Waals surface area contributed by atoms with Crippen LogP contribution in [0, 0.1) is 0 Å². The minimum absolute atomic E-state index is 0.653. The van der Waals surface area contributed by atoms with Crippen LogP contribution < -0.4 is 10.2 Å². The molecule has 0 saturated carbocycles. The molecule has 5 heteroatoms. The molecular weight excluding hydrogens is 394 g/mol. The smallest absolute Gasteiger partial charge is 0.0465 e. The number of hydrogen-bond donors (Lipinski definition) is 2. The molecule has 3 heterocycles. The maximum atomic E-state index is 3.83. The van der Waals surface area contributed by atoms with Crippen molar-refractivity contribution in [1.82, 2.24) is 20.1 Å². The van der Waals surface area contributed by atoms with Gasteiger partial charge in [0.1, 0.15) is 0 Å². The SMILES string of the molecule is CCN1CCN(CCNC2CCN(c3cccc(-c4cc5ccccc5[nH]4)c3)CC2)CC1. The van der Waals surface area contributed by atoms with E-state index in [4.69, 9.17) is 0 Å². The summed E-state index contributed by atoms with van der Waals surface area (Å²) in [6.45, 7) is 12.9. The van der Waals surface area contributed by atoms with Crippen molar-refractivity contribution in [1.29, 1.82) is 0 Å². The van der Waals surface area contributed by atoms with Crippen LogP contribution in [0.4, 0.5) is 5.69 Å². The first-order valence-electron chi connectivity index (χ1n) is 12.4.